The smallest absolute Gasteiger partial charge is 0.307 e. The van der Waals surface area contributed by atoms with E-state index in [1.54, 1.807) is 6.33 Å². The molecule has 110 valence electrons. The number of carboxylic acid groups (broad SMARTS) is 1. The molecule has 2 rings (SSSR count). The van der Waals surface area contributed by atoms with E-state index >= 15 is 0 Å². The molecule has 1 fully saturated rings. The fourth-order valence-electron chi connectivity index (χ4n) is 2.83. The first kappa shape index (κ1) is 14.5. The van der Waals surface area contributed by atoms with Crippen molar-refractivity contribution >= 4 is 11.9 Å². The number of rotatable bonds is 5. The largest absolute Gasteiger partial charge is 0.481 e. The first-order valence-electron chi connectivity index (χ1n) is 6.90. The summed E-state index contributed by atoms with van der Waals surface area (Å²) >= 11 is 0. The number of hydrogen-bond acceptors (Lipinski definition) is 4. The molecule has 1 aliphatic carbocycles. The average molecular weight is 280 g/mol. The number of carbonyl (C=O) groups excluding carboxylic acids is 1. The van der Waals surface area contributed by atoms with Crippen molar-refractivity contribution in [3.8, 4) is 0 Å². The van der Waals surface area contributed by atoms with Gasteiger partial charge >= 0.3 is 5.97 Å². The lowest BCUT2D eigenvalue weighted by atomic mass is 9.95. The van der Waals surface area contributed by atoms with E-state index in [0.717, 1.165) is 6.54 Å². The summed E-state index contributed by atoms with van der Waals surface area (Å²) in [6.07, 6.45) is 2.81. The van der Waals surface area contributed by atoms with Crippen molar-refractivity contribution in [3.05, 3.63) is 12.2 Å². The van der Waals surface area contributed by atoms with Gasteiger partial charge in [-0.05, 0) is 25.7 Å². The van der Waals surface area contributed by atoms with Crippen molar-refractivity contribution in [2.45, 2.75) is 39.8 Å². The Kier molecular flexibility index (Phi) is 4.36. The van der Waals surface area contributed by atoms with Crippen LogP contribution in [0.25, 0.3) is 0 Å². The summed E-state index contributed by atoms with van der Waals surface area (Å²) in [5, 5.41) is 19.7. The lowest BCUT2D eigenvalue weighted by molar-refractivity contribution is -0.146. The summed E-state index contributed by atoms with van der Waals surface area (Å²) in [4.78, 5) is 23.4. The Morgan fingerprint density at radius 2 is 2.15 bits per heavy atom. The Bertz CT molecular complexity index is 500. The molecule has 2 N–H and O–H groups in total. The van der Waals surface area contributed by atoms with Crippen molar-refractivity contribution in [2.24, 2.45) is 17.8 Å². The molecule has 0 saturated heterocycles. The van der Waals surface area contributed by atoms with Gasteiger partial charge in [0.25, 0.3) is 0 Å². The maximum Gasteiger partial charge on any atom is 0.307 e. The Hall–Kier alpha value is -1.92. The van der Waals surface area contributed by atoms with Gasteiger partial charge in [-0.25, -0.2) is 0 Å². The molecular weight excluding hydrogens is 260 g/mol. The van der Waals surface area contributed by atoms with E-state index in [1.165, 1.54) is 0 Å². The SMILES string of the molecule is CCn1cnnc1CNC(=O)[C@H]1CC(C)C[C@H]1C(=O)O. The molecule has 1 unspecified atom stereocenters. The van der Waals surface area contributed by atoms with Gasteiger partial charge in [0.05, 0.1) is 18.4 Å². The number of aliphatic carboxylic acids is 1. The topological polar surface area (TPSA) is 97.1 Å². The van der Waals surface area contributed by atoms with Gasteiger partial charge in [-0.1, -0.05) is 6.92 Å². The summed E-state index contributed by atoms with van der Waals surface area (Å²) in [6, 6.07) is 0. The second-order valence-electron chi connectivity index (χ2n) is 5.38. The molecule has 0 aliphatic heterocycles. The van der Waals surface area contributed by atoms with Gasteiger partial charge in [0.1, 0.15) is 6.33 Å². The van der Waals surface area contributed by atoms with Crippen molar-refractivity contribution in [2.75, 3.05) is 0 Å². The van der Waals surface area contributed by atoms with Crippen LogP contribution in [0.4, 0.5) is 0 Å². The number of hydrogen-bond donors (Lipinski definition) is 2. The van der Waals surface area contributed by atoms with Gasteiger partial charge in [0.2, 0.25) is 5.91 Å². The number of carboxylic acids is 1. The summed E-state index contributed by atoms with van der Waals surface area (Å²) < 4.78 is 1.84. The van der Waals surface area contributed by atoms with E-state index in [1.807, 2.05) is 18.4 Å². The number of nitrogens with one attached hydrogen (secondary N) is 1. The van der Waals surface area contributed by atoms with Crippen LogP contribution >= 0.6 is 0 Å². The summed E-state index contributed by atoms with van der Waals surface area (Å²) in [5.41, 5.74) is 0. The Morgan fingerprint density at radius 1 is 1.45 bits per heavy atom. The molecule has 0 radical (unpaired) electrons. The molecule has 1 aliphatic rings. The average Bonchev–Trinajstić information content (AvgIpc) is 3.01. The zero-order chi connectivity index (χ0) is 14.7. The third kappa shape index (κ3) is 2.97. The highest BCUT2D eigenvalue weighted by atomic mass is 16.4. The fraction of sp³-hybridized carbons (Fsp3) is 0.692. The fourth-order valence-corrected chi connectivity index (χ4v) is 2.83. The predicted octanol–water partition coefficient (Wildman–Crippen LogP) is 0.661. The molecule has 7 nitrogen and oxygen atoms in total. The Morgan fingerprint density at radius 3 is 2.80 bits per heavy atom. The summed E-state index contributed by atoms with van der Waals surface area (Å²) in [5.74, 6) is -1.15. The lowest BCUT2D eigenvalue weighted by Crippen LogP contribution is -2.35. The van der Waals surface area contributed by atoms with Gasteiger partial charge in [0, 0.05) is 6.54 Å². The highest BCUT2D eigenvalue weighted by Gasteiger charge is 2.41. The van der Waals surface area contributed by atoms with Crippen LogP contribution in [0.1, 0.15) is 32.5 Å². The quantitative estimate of drug-likeness (QED) is 0.826. The van der Waals surface area contributed by atoms with Crippen LogP contribution in [0.2, 0.25) is 0 Å². The van der Waals surface area contributed by atoms with Crippen LogP contribution in [0.15, 0.2) is 6.33 Å². The van der Waals surface area contributed by atoms with Crippen LogP contribution in [0.5, 0.6) is 0 Å². The van der Waals surface area contributed by atoms with Crippen LogP contribution in [-0.2, 0) is 22.7 Å². The number of aryl methyl sites for hydroxylation is 1. The molecular formula is C13H20N4O3. The molecule has 1 heterocycles. The second kappa shape index (κ2) is 6.02. The van der Waals surface area contributed by atoms with Crippen LogP contribution in [0, 0.1) is 17.8 Å². The standard InChI is InChI=1S/C13H20N4O3/c1-3-17-7-15-16-11(17)6-14-12(18)9-4-8(2)5-10(9)13(19)20/h7-10H,3-6H2,1-2H3,(H,14,18)(H,19,20)/t8?,9-,10+/m0/s1. The number of carbonyl (C=O) groups is 2. The minimum absolute atomic E-state index is 0.201. The van der Waals surface area contributed by atoms with E-state index in [2.05, 4.69) is 15.5 Å². The van der Waals surface area contributed by atoms with Gasteiger partial charge < -0.3 is 15.0 Å². The second-order valence-corrected chi connectivity index (χ2v) is 5.38. The molecule has 0 aromatic carbocycles. The van der Waals surface area contributed by atoms with Crippen molar-refractivity contribution in [1.29, 1.82) is 0 Å². The lowest BCUT2D eigenvalue weighted by Gasteiger charge is -2.15. The predicted molar refractivity (Wildman–Crippen MR) is 70.6 cm³/mol. The summed E-state index contributed by atoms with van der Waals surface area (Å²) in [6.45, 7) is 4.96. The molecule has 1 aromatic rings. The monoisotopic (exact) mass is 280 g/mol. The van der Waals surface area contributed by atoms with Gasteiger partial charge in [-0.3, -0.25) is 9.59 Å². The number of amides is 1. The van der Waals surface area contributed by atoms with Crippen molar-refractivity contribution in [3.63, 3.8) is 0 Å². The molecule has 20 heavy (non-hydrogen) atoms. The minimum Gasteiger partial charge on any atom is -0.481 e. The Balaban J connectivity index is 1.96. The van der Waals surface area contributed by atoms with Crippen LogP contribution < -0.4 is 5.32 Å². The maximum atomic E-state index is 12.2. The zero-order valence-corrected chi connectivity index (χ0v) is 11.7. The molecule has 3 atom stereocenters. The third-order valence-electron chi connectivity index (χ3n) is 3.91. The highest BCUT2D eigenvalue weighted by Crippen LogP contribution is 2.36. The summed E-state index contributed by atoms with van der Waals surface area (Å²) in [7, 11) is 0. The van der Waals surface area contributed by atoms with Crippen molar-refractivity contribution in [1.82, 2.24) is 20.1 Å². The van der Waals surface area contributed by atoms with Crippen LogP contribution in [0.3, 0.4) is 0 Å². The number of aromatic nitrogens is 3. The van der Waals surface area contributed by atoms with Gasteiger partial charge in [0.15, 0.2) is 5.82 Å². The Labute approximate surface area is 117 Å². The molecule has 7 heteroatoms. The zero-order valence-electron chi connectivity index (χ0n) is 11.7. The maximum absolute atomic E-state index is 12.2. The molecule has 1 aromatic heterocycles. The number of nitrogens with zero attached hydrogens (tertiary/aromatic N) is 3. The van der Waals surface area contributed by atoms with E-state index < -0.39 is 17.8 Å². The van der Waals surface area contributed by atoms with E-state index in [-0.39, 0.29) is 18.4 Å². The van der Waals surface area contributed by atoms with Gasteiger partial charge in [-0.2, -0.15) is 0 Å². The van der Waals surface area contributed by atoms with Gasteiger partial charge in [-0.15, -0.1) is 10.2 Å². The minimum atomic E-state index is -0.883. The van der Waals surface area contributed by atoms with E-state index in [4.69, 9.17) is 0 Å². The molecule has 1 amide bonds. The first-order valence-corrected chi connectivity index (χ1v) is 6.90. The highest BCUT2D eigenvalue weighted by molar-refractivity contribution is 5.85. The van der Waals surface area contributed by atoms with Crippen LogP contribution in [-0.4, -0.2) is 31.7 Å². The normalized spacial score (nSPS) is 25.6. The molecule has 1 saturated carbocycles. The third-order valence-corrected chi connectivity index (χ3v) is 3.91. The van der Waals surface area contributed by atoms with E-state index in [0.29, 0.717) is 18.7 Å². The molecule has 0 bridgehead atoms. The van der Waals surface area contributed by atoms with Crippen molar-refractivity contribution < 1.29 is 14.7 Å². The van der Waals surface area contributed by atoms with E-state index in [9.17, 15) is 14.7 Å². The first-order chi connectivity index (χ1) is 9.52. The molecule has 0 spiro atoms.